The van der Waals surface area contributed by atoms with Crippen LogP contribution in [0.15, 0.2) is 30.6 Å². The Morgan fingerprint density at radius 3 is 2.53 bits per heavy atom. The summed E-state index contributed by atoms with van der Waals surface area (Å²) in [6.07, 6.45) is 1.38. The van der Waals surface area contributed by atoms with Crippen LogP contribution >= 0.6 is 11.6 Å². The lowest BCUT2D eigenvalue weighted by molar-refractivity contribution is 0.282. The zero-order chi connectivity index (χ0) is 13.7. The summed E-state index contributed by atoms with van der Waals surface area (Å²) in [6.45, 7) is 0.623. The molecule has 2 aromatic rings. The van der Waals surface area contributed by atoms with Crippen molar-refractivity contribution in [1.29, 1.82) is 0 Å². The summed E-state index contributed by atoms with van der Waals surface area (Å²) in [7, 11) is 1.52. The lowest BCUT2D eigenvalue weighted by atomic mass is 10.1. The van der Waals surface area contributed by atoms with E-state index < -0.39 is 0 Å². The van der Waals surface area contributed by atoms with Gasteiger partial charge in [-0.2, -0.15) is 0 Å². The van der Waals surface area contributed by atoms with Crippen molar-refractivity contribution in [2.24, 2.45) is 0 Å². The first-order valence-electron chi connectivity index (χ1n) is 5.71. The third-order valence-corrected chi connectivity index (χ3v) is 2.90. The van der Waals surface area contributed by atoms with Crippen LogP contribution < -0.4 is 10.1 Å². The first-order chi connectivity index (χ1) is 9.24. The molecule has 1 aromatic carbocycles. The van der Waals surface area contributed by atoms with E-state index in [0.717, 1.165) is 11.1 Å². The second kappa shape index (κ2) is 6.36. The van der Waals surface area contributed by atoms with Gasteiger partial charge >= 0.3 is 0 Å². The molecule has 0 amide bonds. The summed E-state index contributed by atoms with van der Waals surface area (Å²) in [5.41, 5.74) is 1.94. The second-order valence-corrected chi connectivity index (χ2v) is 4.23. The first-order valence-corrected chi connectivity index (χ1v) is 6.09. The number of nitrogens with one attached hydrogen (secondary N) is 1. The van der Waals surface area contributed by atoms with Gasteiger partial charge in [0.15, 0.2) is 16.7 Å². The van der Waals surface area contributed by atoms with E-state index in [1.165, 1.54) is 13.4 Å². The van der Waals surface area contributed by atoms with E-state index in [1.54, 1.807) is 0 Å². The normalized spacial score (nSPS) is 10.3. The molecule has 0 aliphatic heterocycles. The van der Waals surface area contributed by atoms with Crippen LogP contribution in [0.25, 0.3) is 0 Å². The smallest absolute Gasteiger partial charge is 0.198 e. The molecule has 6 heteroatoms. The van der Waals surface area contributed by atoms with Crippen LogP contribution in [0.3, 0.4) is 0 Å². The number of hydrogen-bond acceptors (Lipinski definition) is 5. The Kier molecular flexibility index (Phi) is 4.54. The minimum Gasteiger partial charge on any atom is -0.490 e. The fraction of sp³-hybridized carbons (Fsp3) is 0.231. The van der Waals surface area contributed by atoms with Gasteiger partial charge in [0.1, 0.15) is 6.33 Å². The molecular formula is C13H14ClN3O2. The summed E-state index contributed by atoms with van der Waals surface area (Å²) in [6, 6.07) is 7.63. The van der Waals surface area contributed by atoms with Gasteiger partial charge in [-0.1, -0.05) is 35.9 Å². The van der Waals surface area contributed by atoms with E-state index in [9.17, 15) is 0 Å². The summed E-state index contributed by atoms with van der Waals surface area (Å²) in [5.74, 6) is 0.977. The van der Waals surface area contributed by atoms with E-state index in [4.69, 9.17) is 21.4 Å². The summed E-state index contributed by atoms with van der Waals surface area (Å²) >= 11 is 5.91. The molecule has 0 fully saturated rings. The van der Waals surface area contributed by atoms with Crippen molar-refractivity contribution in [3.05, 3.63) is 46.9 Å². The number of halogens is 1. The average molecular weight is 280 g/mol. The predicted octanol–water partition coefficient (Wildman–Crippen LogP) is 2.24. The number of aliphatic hydroxyl groups excluding tert-OH is 1. The van der Waals surface area contributed by atoms with Gasteiger partial charge < -0.3 is 15.2 Å². The van der Waals surface area contributed by atoms with Crippen molar-refractivity contribution < 1.29 is 9.84 Å². The number of ether oxygens (including phenoxy) is 1. The van der Waals surface area contributed by atoms with Crippen molar-refractivity contribution in [3.63, 3.8) is 0 Å². The standard InChI is InChI=1S/C13H14ClN3O2/c1-19-11-12(14)16-8-17-13(11)15-6-9-2-4-10(7-18)5-3-9/h2-5,8,18H,6-7H2,1H3,(H,15,16,17). The number of aliphatic hydroxyl groups is 1. The maximum Gasteiger partial charge on any atom is 0.198 e. The fourth-order valence-electron chi connectivity index (χ4n) is 1.61. The van der Waals surface area contributed by atoms with E-state index >= 15 is 0 Å². The highest BCUT2D eigenvalue weighted by atomic mass is 35.5. The second-order valence-electron chi connectivity index (χ2n) is 3.87. The van der Waals surface area contributed by atoms with Crippen molar-refractivity contribution in [3.8, 4) is 5.75 Å². The van der Waals surface area contributed by atoms with Crippen molar-refractivity contribution >= 4 is 17.4 Å². The Hall–Kier alpha value is -1.85. The fourth-order valence-corrected chi connectivity index (χ4v) is 1.82. The molecule has 0 atom stereocenters. The van der Waals surface area contributed by atoms with Crippen LogP contribution in [-0.4, -0.2) is 22.2 Å². The first kappa shape index (κ1) is 13.6. The van der Waals surface area contributed by atoms with Gasteiger partial charge in [-0.15, -0.1) is 0 Å². The largest absolute Gasteiger partial charge is 0.490 e. The molecule has 0 saturated heterocycles. The van der Waals surface area contributed by atoms with Gasteiger partial charge in [0, 0.05) is 6.54 Å². The molecule has 0 bridgehead atoms. The van der Waals surface area contributed by atoms with Gasteiger partial charge in [0.2, 0.25) is 0 Å². The third kappa shape index (κ3) is 3.33. The van der Waals surface area contributed by atoms with Crippen LogP contribution in [0.5, 0.6) is 5.75 Å². The Labute approximate surface area is 116 Å². The summed E-state index contributed by atoms with van der Waals surface area (Å²) < 4.78 is 5.15. The highest BCUT2D eigenvalue weighted by Crippen LogP contribution is 2.28. The highest BCUT2D eigenvalue weighted by Gasteiger charge is 2.09. The van der Waals surface area contributed by atoms with Crippen LogP contribution in [0.1, 0.15) is 11.1 Å². The summed E-state index contributed by atoms with van der Waals surface area (Å²) in [4.78, 5) is 7.94. The van der Waals surface area contributed by atoms with Crippen molar-refractivity contribution in [1.82, 2.24) is 9.97 Å². The Morgan fingerprint density at radius 2 is 1.89 bits per heavy atom. The van der Waals surface area contributed by atoms with E-state index in [0.29, 0.717) is 18.1 Å². The molecule has 0 unspecified atom stereocenters. The molecule has 1 heterocycles. The third-order valence-electron chi connectivity index (χ3n) is 2.63. The maximum absolute atomic E-state index is 8.97. The molecule has 1 aromatic heterocycles. The SMILES string of the molecule is COc1c(Cl)ncnc1NCc1ccc(CO)cc1. The zero-order valence-electron chi connectivity index (χ0n) is 10.4. The number of nitrogens with zero attached hydrogens (tertiary/aromatic N) is 2. The topological polar surface area (TPSA) is 67.3 Å². The van der Waals surface area contributed by atoms with E-state index in [1.807, 2.05) is 24.3 Å². The highest BCUT2D eigenvalue weighted by molar-refractivity contribution is 6.31. The lowest BCUT2D eigenvalue weighted by Gasteiger charge is -2.10. The molecule has 2 rings (SSSR count). The van der Waals surface area contributed by atoms with Crippen LogP contribution in [0.2, 0.25) is 5.15 Å². The molecule has 0 spiro atoms. The molecule has 19 heavy (non-hydrogen) atoms. The Bertz CT molecular complexity index is 546. The number of aromatic nitrogens is 2. The molecule has 0 saturated carbocycles. The predicted molar refractivity (Wildman–Crippen MR) is 73.3 cm³/mol. The van der Waals surface area contributed by atoms with Crippen molar-refractivity contribution in [2.75, 3.05) is 12.4 Å². The zero-order valence-corrected chi connectivity index (χ0v) is 11.2. The number of rotatable bonds is 5. The number of anilines is 1. The van der Waals surface area contributed by atoms with Gasteiger partial charge in [0.05, 0.1) is 13.7 Å². The van der Waals surface area contributed by atoms with Crippen LogP contribution in [0, 0.1) is 0 Å². The molecule has 0 aliphatic carbocycles. The van der Waals surface area contributed by atoms with E-state index in [2.05, 4.69) is 15.3 Å². The van der Waals surface area contributed by atoms with E-state index in [-0.39, 0.29) is 11.8 Å². The lowest BCUT2D eigenvalue weighted by Crippen LogP contribution is -2.04. The summed E-state index contributed by atoms with van der Waals surface area (Å²) in [5, 5.41) is 12.4. The molecule has 0 aliphatic rings. The average Bonchev–Trinajstić information content (AvgIpc) is 2.45. The van der Waals surface area contributed by atoms with Gasteiger partial charge in [-0.25, -0.2) is 9.97 Å². The van der Waals surface area contributed by atoms with Crippen molar-refractivity contribution in [2.45, 2.75) is 13.2 Å². The van der Waals surface area contributed by atoms with Gasteiger partial charge in [-0.3, -0.25) is 0 Å². The molecular weight excluding hydrogens is 266 g/mol. The minimum atomic E-state index is 0.0447. The molecule has 2 N–H and O–H groups in total. The number of methoxy groups -OCH3 is 1. The quantitative estimate of drug-likeness (QED) is 0.822. The maximum atomic E-state index is 8.97. The van der Waals surface area contributed by atoms with Gasteiger partial charge in [-0.05, 0) is 11.1 Å². The Balaban J connectivity index is 2.07. The molecule has 5 nitrogen and oxygen atoms in total. The van der Waals surface area contributed by atoms with Gasteiger partial charge in [0.25, 0.3) is 0 Å². The molecule has 100 valence electrons. The monoisotopic (exact) mass is 279 g/mol. The Morgan fingerprint density at radius 1 is 1.21 bits per heavy atom. The van der Waals surface area contributed by atoms with Crippen LogP contribution in [-0.2, 0) is 13.2 Å². The number of hydrogen-bond donors (Lipinski definition) is 2. The molecule has 0 radical (unpaired) electrons. The number of benzene rings is 1. The van der Waals surface area contributed by atoms with Crippen LogP contribution in [0.4, 0.5) is 5.82 Å². The minimum absolute atomic E-state index is 0.0447.